The van der Waals surface area contributed by atoms with Crippen molar-refractivity contribution in [2.75, 3.05) is 7.05 Å². The second kappa shape index (κ2) is 6.61. The summed E-state index contributed by atoms with van der Waals surface area (Å²) in [6, 6.07) is 5.75. The number of para-hydroxylation sites is 1. The molecule has 0 spiro atoms. The minimum Gasteiger partial charge on any atom is -0.479 e. The summed E-state index contributed by atoms with van der Waals surface area (Å²) in [5.74, 6) is 0.228. The lowest BCUT2D eigenvalue weighted by Gasteiger charge is -2.18. The van der Waals surface area contributed by atoms with E-state index in [1.165, 1.54) is 0 Å². The average Bonchev–Trinajstić information content (AvgIpc) is 2.28. The van der Waals surface area contributed by atoms with Gasteiger partial charge < -0.3 is 15.8 Å². The first-order valence-corrected chi connectivity index (χ1v) is 6.27. The minimum absolute atomic E-state index is 0.446. The fourth-order valence-electron chi connectivity index (χ4n) is 1.50. The quantitative estimate of drug-likeness (QED) is 0.842. The molecular weight excluding hydrogens is 284 g/mol. The first-order valence-electron chi connectivity index (χ1n) is 5.48. The van der Waals surface area contributed by atoms with Gasteiger partial charge in [-0.05, 0) is 35.5 Å². The van der Waals surface area contributed by atoms with Crippen LogP contribution >= 0.6 is 15.9 Å². The Kier molecular flexibility index (Phi) is 5.44. The van der Waals surface area contributed by atoms with Gasteiger partial charge in [-0.3, -0.25) is 4.79 Å². The van der Waals surface area contributed by atoms with Gasteiger partial charge in [-0.15, -0.1) is 0 Å². The molecule has 3 N–H and O–H groups in total. The Balaban J connectivity index is 2.98. The zero-order valence-corrected chi connectivity index (χ0v) is 11.6. The molecule has 0 radical (unpaired) electrons. The third-order valence-electron chi connectivity index (χ3n) is 2.36. The lowest BCUT2D eigenvalue weighted by molar-refractivity contribution is -0.124. The molecular formula is C12H17BrN2O2. The molecule has 1 unspecified atom stereocenters. The molecule has 1 rings (SSSR count). The summed E-state index contributed by atoms with van der Waals surface area (Å²) in [6.45, 7) is 2.54. The first-order chi connectivity index (χ1) is 8.10. The van der Waals surface area contributed by atoms with Crippen LogP contribution in [0.2, 0.25) is 0 Å². The lowest BCUT2D eigenvalue weighted by atomic mass is 10.2. The molecule has 0 aliphatic heterocycles. The number of nitrogens with two attached hydrogens (primary N) is 1. The molecule has 0 saturated heterocycles. The molecule has 0 aromatic heterocycles. The topological polar surface area (TPSA) is 64.3 Å². The van der Waals surface area contributed by atoms with Gasteiger partial charge in [0.1, 0.15) is 5.75 Å². The maximum absolute atomic E-state index is 11.2. The zero-order valence-electron chi connectivity index (χ0n) is 10.00. The van der Waals surface area contributed by atoms with Crippen molar-refractivity contribution in [1.82, 2.24) is 5.32 Å². The molecule has 0 heterocycles. The van der Waals surface area contributed by atoms with Crippen LogP contribution in [0.5, 0.6) is 5.75 Å². The number of hydrogen-bond acceptors (Lipinski definition) is 3. The van der Waals surface area contributed by atoms with E-state index in [2.05, 4.69) is 21.2 Å². The Labute approximate surface area is 110 Å². The summed E-state index contributed by atoms with van der Waals surface area (Å²) in [6.07, 6.45) is -0.0420. The Bertz CT molecular complexity index is 396. The van der Waals surface area contributed by atoms with Gasteiger partial charge in [-0.25, -0.2) is 0 Å². The third-order valence-corrected chi connectivity index (χ3v) is 2.99. The number of hydrogen-bond donors (Lipinski definition) is 2. The Morgan fingerprint density at radius 3 is 2.82 bits per heavy atom. The molecule has 0 saturated carbocycles. The molecule has 1 aromatic carbocycles. The highest BCUT2D eigenvalue weighted by Crippen LogP contribution is 2.30. The van der Waals surface area contributed by atoms with Gasteiger partial charge >= 0.3 is 0 Å². The minimum atomic E-state index is -0.593. The number of halogens is 1. The molecule has 4 nitrogen and oxygen atoms in total. The van der Waals surface area contributed by atoms with Crippen molar-refractivity contribution in [1.29, 1.82) is 0 Å². The van der Waals surface area contributed by atoms with Gasteiger partial charge in [-0.1, -0.05) is 19.1 Å². The Hall–Kier alpha value is -1.07. The standard InChI is InChI=1S/C12H17BrN2O2/c1-3-10(12(14)16)17-11-8(7-15-2)5-4-6-9(11)13/h4-6,10,15H,3,7H2,1-2H3,(H2,14,16). The van der Waals surface area contributed by atoms with E-state index < -0.39 is 12.0 Å². The molecule has 0 aliphatic carbocycles. The molecule has 0 bridgehead atoms. The molecule has 17 heavy (non-hydrogen) atoms. The highest BCUT2D eigenvalue weighted by Gasteiger charge is 2.18. The molecule has 94 valence electrons. The normalized spacial score (nSPS) is 12.2. The van der Waals surface area contributed by atoms with E-state index in [1.54, 1.807) is 0 Å². The van der Waals surface area contributed by atoms with Gasteiger partial charge in [0.2, 0.25) is 0 Å². The molecule has 0 fully saturated rings. The number of amides is 1. The summed E-state index contributed by atoms with van der Waals surface area (Å²) in [5.41, 5.74) is 6.26. The summed E-state index contributed by atoms with van der Waals surface area (Å²) in [7, 11) is 1.86. The summed E-state index contributed by atoms with van der Waals surface area (Å²) in [5, 5.41) is 3.06. The Morgan fingerprint density at radius 1 is 1.59 bits per heavy atom. The van der Waals surface area contributed by atoms with Crippen LogP contribution in [0.25, 0.3) is 0 Å². The molecule has 1 atom stereocenters. The second-order valence-electron chi connectivity index (χ2n) is 3.68. The van der Waals surface area contributed by atoms with E-state index >= 15 is 0 Å². The van der Waals surface area contributed by atoms with Gasteiger partial charge in [0.05, 0.1) is 4.47 Å². The number of rotatable bonds is 6. The molecule has 1 amide bonds. The van der Waals surface area contributed by atoms with Crippen molar-refractivity contribution < 1.29 is 9.53 Å². The molecule has 0 aliphatic rings. The van der Waals surface area contributed by atoms with Crippen LogP contribution in [0.4, 0.5) is 0 Å². The smallest absolute Gasteiger partial charge is 0.258 e. The highest BCUT2D eigenvalue weighted by atomic mass is 79.9. The van der Waals surface area contributed by atoms with Crippen LogP contribution < -0.4 is 15.8 Å². The van der Waals surface area contributed by atoms with E-state index in [1.807, 2.05) is 32.2 Å². The van der Waals surface area contributed by atoms with E-state index in [0.717, 1.165) is 10.0 Å². The van der Waals surface area contributed by atoms with Crippen LogP contribution in [0, 0.1) is 0 Å². The third kappa shape index (κ3) is 3.71. The van der Waals surface area contributed by atoms with E-state index in [0.29, 0.717) is 18.7 Å². The van der Waals surface area contributed by atoms with Gasteiger partial charge in [0.15, 0.2) is 6.10 Å². The number of benzene rings is 1. The number of carbonyl (C=O) groups excluding carboxylic acids is 1. The maximum atomic E-state index is 11.2. The largest absolute Gasteiger partial charge is 0.479 e. The lowest BCUT2D eigenvalue weighted by Crippen LogP contribution is -2.33. The fraction of sp³-hybridized carbons (Fsp3) is 0.417. The van der Waals surface area contributed by atoms with Gasteiger partial charge in [0.25, 0.3) is 5.91 Å². The average molecular weight is 301 g/mol. The van der Waals surface area contributed by atoms with Crippen LogP contribution in [0.15, 0.2) is 22.7 Å². The maximum Gasteiger partial charge on any atom is 0.258 e. The predicted molar refractivity (Wildman–Crippen MR) is 70.8 cm³/mol. The molecule has 1 aromatic rings. The fourth-order valence-corrected chi connectivity index (χ4v) is 2.00. The summed E-state index contributed by atoms with van der Waals surface area (Å²) >= 11 is 3.42. The van der Waals surface area contributed by atoms with Crippen molar-refractivity contribution >= 4 is 21.8 Å². The van der Waals surface area contributed by atoms with Crippen LogP contribution in [0.1, 0.15) is 18.9 Å². The Morgan fingerprint density at radius 2 is 2.29 bits per heavy atom. The first kappa shape index (κ1) is 14.0. The van der Waals surface area contributed by atoms with Crippen molar-refractivity contribution in [3.05, 3.63) is 28.2 Å². The SMILES string of the molecule is CCC(Oc1c(Br)cccc1CNC)C(N)=O. The molecule has 5 heteroatoms. The number of nitrogens with one attached hydrogen (secondary N) is 1. The van der Waals surface area contributed by atoms with Crippen molar-refractivity contribution in [3.63, 3.8) is 0 Å². The second-order valence-corrected chi connectivity index (χ2v) is 4.53. The number of primary amides is 1. The van der Waals surface area contributed by atoms with Crippen LogP contribution in [-0.2, 0) is 11.3 Å². The highest BCUT2D eigenvalue weighted by molar-refractivity contribution is 9.10. The monoisotopic (exact) mass is 300 g/mol. The van der Waals surface area contributed by atoms with E-state index in [9.17, 15) is 4.79 Å². The predicted octanol–water partition coefficient (Wildman–Crippen LogP) is 1.81. The van der Waals surface area contributed by atoms with Crippen LogP contribution in [-0.4, -0.2) is 19.1 Å². The van der Waals surface area contributed by atoms with Crippen molar-refractivity contribution in [3.8, 4) is 5.75 Å². The van der Waals surface area contributed by atoms with Gasteiger partial charge in [-0.2, -0.15) is 0 Å². The number of ether oxygens (including phenoxy) is 1. The van der Waals surface area contributed by atoms with Crippen LogP contribution in [0.3, 0.4) is 0 Å². The van der Waals surface area contributed by atoms with Crippen molar-refractivity contribution in [2.45, 2.75) is 26.0 Å². The zero-order chi connectivity index (χ0) is 12.8. The van der Waals surface area contributed by atoms with Gasteiger partial charge in [0, 0.05) is 12.1 Å². The summed E-state index contributed by atoms with van der Waals surface area (Å²) < 4.78 is 6.50. The summed E-state index contributed by atoms with van der Waals surface area (Å²) in [4.78, 5) is 11.2. The van der Waals surface area contributed by atoms with Crippen molar-refractivity contribution in [2.24, 2.45) is 5.73 Å². The van der Waals surface area contributed by atoms with E-state index in [-0.39, 0.29) is 0 Å². The number of carbonyl (C=O) groups is 1. The van der Waals surface area contributed by atoms with E-state index in [4.69, 9.17) is 10.5 Å².